The first-order valence-electron chi connectivity index (χ1n) is 8.01. The van der Waals surface area contributed by atoms with Gasteiger partial charge in [0.05, 0.1) is 12.1 Å². The number of halogens is 1. The maximum atomic E-state index is 12.9. The van der Waals surface area contributed by atoms with Crippen LogP contribution in [0.5, 0.6) is 0 Å². The number of aromatic nitrogens is 1. The quantitative estimate of drug-likeness (QED) is 0.898. The summed E-state index contributed by atoms with van der Waals surface area (Å²) in [5.74, 6) is 1.21. The third-order valence-electron chi connectivity index (χ3n) is 4.47. The molecule has 0 saturated heterocycles. The van der Waals surface area contributed by atoms with Crippen LogP contribution in [0.2, 0.25) is 0 Å². The molecule has 1 heterocycles. The average molecular weight is 332 g/mol. The minimum atomic E-state index is -0.259. The normalized spacial score (nSPS) is 20.3. The summed E-state index contributed by atoms with van der Waals surface area (Å²) < 4.78 is 12.9. The Kier molecular flexibility index (Phi) is 4.76. The Bertz CT molecular complexity index is 675. The third kappa shape index (κ3) is 3.96. The number of amides is 1. The largest absolute Gasteiger partial charge is 0.353 e. The van der Waals surface area contributed by atoms with Crippen LogP contribution in [0.25, 0.3) is 10.6 Å². The van der Waals surface area contributed by atoms with Crippen LogP contribution in [-0.2, 0) is 11.2 Å². The molecule has 0 spiro atoms. The van der Waals surface area contributed by atoms with Crippen LogP contribution >= 0.6 is 11.3 Å². The zero-order valence-electron chi connectivity index (χ0n) is 13.4. The van der Waals surface area contributed by atoms with Gasteiger partial charge in [0.25, 0.3) is 0 Å². The Labute approximate surface area is 140 Å². The van der Waals surface area contributed by atoms with E-state index in [-0.39, 0.29) is 11.7 Å². The fourth-order valence-corrected chi connectivity index (χ4v) is 3.71. The maximum Gasteiger partial charge on any atom is 0.226 e. The first-order chi connectivity index (χ1) is 11.0. The van der Waals surface area contributed by atoms with Crippen molar-refractivity contribution in [2.24, 2.45) is 11.8 Å². The highest BCUT2D eigenvalue weighted by atomic mass is 32.1. The van der Waals surface area contributed by atoms with Crippen molar-refractivity contribution in [2.45, 2.75) is 39.2 Å². The van der Waals surface area contributed by atoms with Crippen LogP contribution in [0.15, 0.2) is 29.6 Å². The summed E-state index contributed by atoms with van der Waals surface area (Å²) >= 11 is 1.48. The number of carbonyl (C=O) groups excluding carboxylic acids is 1. The van der Waals surface area contributed by atoms with Gasteiger partial charge in [0, 0.05) is 17.0 Å². The number of hydrogen-bond donors (Lipinski definition) is 1. The van der Waals surface area contributed by atoms with Crippen molar-refractivity contribution in [3.8, 4) is 10.6 Å². The van der Waals surface area contributed by atoms with Gasteiger partial charge in [0.2, 0.25) is 5.91 Å². The highest BCUT2D eigenvalue weighted by Crippen LogP contribution is 2.33. The van der Waals surface area contributed by atoms with Crippen LogP contribution in [0.4, 0.5) is 4.39 Å². The number of carbonyl (C=O) groups is 1. The molecule has 0 atom stereocenters. The first-order valence-corrected chi connectivity index (χ1v) is 8.89. The molecule has 1 fully saturated rings. The lowest BCUT2D eigenvalue weighted by Crippen LogP contribution is -2.46. The van der Waals surface area contributed by atoms with Gasteiger partial charge in [-0.1, -0.05) is 13.8 Å². The Morgan fingerprint density at radius 1 is 1.35 bits per heavy atom. The van der Waals surface area contributed by atoms with Crippen molar-refractivity contribution in [2.75, 3.05) is 0 Å². The van der Waals surface area contributed by atoms with E-state index in [1.807, 2.05) is 5.38 Å². The highest BCUT2D eigenvalue weighted by Gasteiger charge is 2.32. The molecule has 0 aliphatic heterocycles. The van der Waals surface area contributed by atoms with Gasteiger partial charge >= 0.3 is 0 Å². The zero-order valence-corrected chi connectivity index (χ0v) is 14.2. The van der Waals surface area contributed by atoms with E-state index in [1.165, 1.54) is 23.5 Å². The second-order valence-corrected chi connectivity index (χ2v) is 7.43. The summed E-state index contributed by atoms with van der Waals surface area (Å²) in [4.78, 5) is 16.6. The predicted octanol–water partition coefficient (Wildman–Crippen LogP) is 4.04. The van der Waals surface area contributed by atoms with E-state index in [1.54, 1.807) is 12.1 Å². The number of nitrogens with zero attached hydrogens (tertiary/aromatic N) is 1. The maximum absolute atomic E-state index is 12.9. The fourth-order valence-electron chi connectivity index (χ4n) is 2.88. The van der Waals surface area contributed by atoms with Gasteiger partial charge in [-0.15, -0.1) is 11.3 Å². The molecule has 1 amide bonds. The van der Waals surface area contributed by atoms with Crippen molar-refractivity contribution in [1.82, 2.24) is 10.3 Å². The van der Waals surface area contributed by atoms with Gasteiger partial charge in [0.1, 0.15) is 10.8 Å². The summed E-state index contributed by atoms with van der Waals surface area (Å²) in [5, 5.41) is 5.80. The van der Waals surface area contributed by atoms with Crippen LogP contribution in [-0.4, -0.2) is 16.9 Å². The van der Waals surface area contributed by atoms with Crippen LogP contribution in [0.3, 0.4) is 0 Å². The molecule has 1 aromatic heterocycles. The SMILES string of the molecule is CC(C)C1CC(NC(=O)Cc2csc(-c3ccc(F)cc3)n2)C1. The molecule has 3 rings (SSSR count). The number of hydrogen-bond acceptors (Lipinski definition) is 3. The van der Waals surface area contributed by atoms with Gasteiger partial charge in [-0.2, -0.15) is 0 Å². The predicted molar refractivity (Wildman–Crippen MR) is 90.7 cm³/mol. The lowest BCUT2D eigenvalue weighted by Gasteiger charge is -2.38. The number of benzene rings is 1. The van der Waals surface area contributed by atoms with E-state index in [2.05, 4.69) is 24.1 Å². The fraction of sp³-hybridized carbons (Fsp3) is 0.444. The van der Waals surface area contributed by atoms with E-state index in [0.29, 0.717) is 18.4 Å². The standard InChI is InChI=1S/C18H21FN2OS/c1-11(2)13-7-15(8-13)20-17(22)9-16-10-23-18(21-16)12-3-5-14(19)6-4-12/h3-6,10-11,13,15H,7-9H2,1-2H3,(H,20,22). The summed E-state index contributed by atoms with van der Waals surface area (Å²) in [7, 11) is 0. The molecule has 2 aromatic rings. The van der Waals surface area contributed by atoms with E-state index >= 15 is 0 Å². The molecule has 23 heavy (non-hydrogen) atoms. The first kappa shape index (κ1) is 16.1. The molecule has 1 aromatic carbocycles. The molecule has 3 nitrogen and oxygen atoms in total. The van der Waals surface area contributed by atoms with Crippen molar-refractivity contribution >= 4 is 17.2 Å². The Balaban J connectivity index is 1.53. The van der Waals surface area contributed by atoms with Crippen LogP contribution in [0.1, 0.15) is 32.4 Å². The van der Waals surface area contributed by atoms with Crippen molar-refractivity contribution in [1.29, 1.82) is 0 Å². The Morgan fingerprint density at radius 2 is 2.04 bits per heavy atom. The molecule has 5 heteroatoms. The van der Waals surface area contributed by atoms with E-state index in [0.717, 1.165) is 35.0 Å². The molecule has 1 aliphatic carbocycles. The lowest BCUT2D eigenvalue weighted by molar-refractivity contribution is -0.122. The monoisotopic (exact) mass is 332 g/mol. The van der Waals surface area contributed by atoms with Crippen molar-refractivity contribution in [3.63, 3.8) is 0 Å². The average Bonchev–Trinajstić information content (AvgIpc) is 2.91. The van der Waals surface area contributed by atoms with Crippen molar-refractivity contribution < 1.29 is 9.18 Å². The molecule has 1 saturated carbocycles. The molecule has 0 bridgehead atoms. The van der Waals surface area contributed by atoms with Gasteiger partial charge in [-0.25, -0.2) is 9.37 Å². The van der Waals surface area contributed by atoms with E-state index in [4.69, 9.17) is 0 Å². The summed E-state index contributed by atoms with van der Waals surface area (Å²) in [6.45, 7) is 4.46. The molecule has 1 N–H and O–H groups in total. The summed E-state index contributed by atoms with van der Waals surface area (Å²) in [6, 6.07) is 6.58. The number of rotatable bonds is 5. The minimum Gasteiger partial charge on any atom is -0.353 e. The smallest absolute Gasteiger partial charge is 0.226 e. The van der Waals surface area contributed by atoms with Gasteiger partial charge in [0.15, 0.2) is 0 Å². The van der Waals surface area contributed by atoms with Crippen molar-refractivity contribution in [3.05, 3.63) is 41.2 Å². The minimum absolute atomic E-state index is 0.0353. The molecule has 122 valence electrons. The van der Waals surface area contributed by atoms with Gasteiger partial charge in [-0.3, -0.25) is 4.79 Å². The zero-order chi connectivity index (χ0) is 16.4. The number of thiazole rings is 1. The second-order valence-electron chi connectivity index (χ2n) is 6.57. The van der Waals surface area contributed by atoms with Crippen LogP contribution < -0.4 is 5.32 Å². The lowest BCUT2D eigenvalue weighted by atomic mass is 9.73. The molecule has 0 radical (unpaired) electrons. The number of nitrogens with one attached hydrogen (secondary N) is 1. The second kappa shape index (κ2) is 6.79. The third-order valence-corrected chi connectivity index (χ3v) is 5.41. The molecule has 1 aliphatic rings. The highest BCUT2D eigenvalue weighted by molar-refractivity contribution is 7.13. The molecule has 0 unspecified atom stereocenters. The van der Waals surface area contributed by atoms with Crippen LogP contribution in [0, 0.1) is 17.7 Å². The van der Waals surface area contributed by atoms with E-state index < -0.39 is 0 Å². The summed E-state index contributed by atoms with van der Waals surface area (Å²) in [5.41, 5.74) is 1.65. The topological polar surface area (TPSA) is 42.0 Å². The molecular formula is C18H21FN2OS. The van der Waals surface area contributed by atoms with Gasteiger partial charge < -0.3 is 5.32 Å². The Morgan fingerprint density at radius 3 is 2.70 bits per heavy atom. The molecular weight excluding hydrogens is 311 g/mol. The van der Waals surface area contributed by atoms with E-state index in [9.17, 15) is 9.18 Å². The van der Waals surface area contributed by atoms with Gasteiger partial charge in [-0.05, 0) is 48.9 Å². The Hall–Kier alpha value is -1.75. The summed E-state index contributed by atoms with van der Waals surface area (Å²) in [6.07, 6.45) is 2.48.